The van der Waals surface area contributed by atoms with Crippen molar-refractivity contribution in [2.45, 2.75) is 139 Å². The summed E-state index contributed by atoms with van der Waals surface area (Å²) in [6.07, 6.45) is 7.99. The van der Waals surface area contributed by atoms with Gasteiger partial charge in [0, 0.05) is 49.2 Å². The number of primary amides is 3. The molecule has 0 radical (unpaired) electrons. The summed E-state index contributed by atoms with van der Waals surface area (Å²) in [4.78, 5) is 111. The second-order valence-electron chi connectivity index (χ2n) is 18.3. The average molecular weight is 957 g/mol. The summed E-state index contributed by atoms with van der Waals surface area (Å²) in [5, 5.41) is 20.6. The standard InChI is InChI=1S/C49H72N12O8/c1-31-36(60-48(69)57-31)19-7-4-8-23-41(62)54-25-13-11-21-38(42(50)63)58-44(65)39(22-15-26-55-47(52)68)59-43(64)35(29-33-30-56-37-20-10-9-18-34(33)37)49(46(51)67)24-12-14-27-61(49)45(66)40(53-2)28-32-16-5-3-6-17-32/h3,5-6,9-10,16-18,20,30-31,35-36,38-40,53,56H,4,7-8,11-15,19,21-29H2,1-2H3,(H2,50,63)(H2,51,67)(H,54,62)(H,58,65)(H,59,64)(H3,52,55,68)(H2,57,60,69)/t31-,35-,36+,38+,39+,40+,49?/m1/s1. The molecule has 3 aromatic rings. The van der Waals surface area contributed by atoms with Crippen molar-refractivity contribution in [1.82, 2.24) is 47.1 Å². The van der Waals surface area contributed by atoms with Crippen molar-refractivity contribution >= 4 is 58.4 Å². The number of urea groups is 2. The molecule has 2 aliphatic heterocycles. The Hall–Kier alpha value is -6.70. The number of rotatable bonds is 28. The molecule has 7 atom stereocenters. The molecule has 14 N–H and O–H groups in total. The highest BCUT2D eigenvalue weighted by Crippen LogP contribution is 2.39. The summed E-state index contributed by atoms with van der Waals surface area (Å²) in [6.45, 7) is 2.52. The zero-order chi connectivity index (χ0) is 49.9. The van der Waals surface area contributed by atoms with E-state index < -0.39 is 65.1 Å². The molecule has 20 heteroatoms. The van der Waals surface area contributed by atoms with Crippen molar-refractivity contribution in [3.63, 3.8) is 0 Å². The van der Waals surface area contributed by atoms with Crippen LogP contribution in [0.25, 0.3) is 10.9 Å². The highest BCUT2D eigenvalue weighted by molar-refractivity contribution is 5.99. The van der Waals surface area contributed by atoms with E-state index in [9.17, 15) is 33.6 Å². The van der Waals surface area contributed by atoms with Crippen molar-refractivity contribution in [3.05, 3.63) is 71.9 Å². The second kappa shape index (κ2) is 26.2. The Kier molecular flexibility index (Phi) is 20.2. The molecular weight excluding hydrogens is 885 g/mol. The molecule has 10 amide bonds. The van der Waals surface area contributed by atoms with Gasteiger partial charge < -0.3 is 64.3 Å². The number of nitrogens with one attached hydrogen (secondary N) is 8. The molecule has 2 saturated heterocycles. The number of hydrogen-bond donors (Lipinski definition) is 11. The third-order valence-corrected chi connectivity index (χ3v) is 13.5. The van der Waals surface area contributed by atoms with Gasteiger partial charge in [0.15, 0.2) is 0 Å². The van der Waals surface area contributed by atoms with Crippen LogP contribution in [0, 0.1) is 5.92 Å². The van der Waals surface area contributed by atoms with E-state index in [0.29, 0.717) is 57.1 Å². The molecule has 0 aliphatic carbocycles. The molecule has 20 nitrogen and oxygen atoms in total. The zero-order valence-electron chi connectivity index (χ0n) is 39.9. The molecule has 2 aromatic carbocycles. The highest BCUT2D eigenvalue weighted by atomic mass is 16.2. The predicted octanol–water partition coefficient (Wildman–Crippen LogP) is 1.60. The largest absolute Gasteiger partial charge is 0.368 e. The summed E-state index contributed by atoms with van der Waals surface area (Å²) in [7, 11) is 1.66. The van der Waals surface area contributed by atoms with Gasteiger partial charge in [0.2, 0.25) is 35.4 Å². The summed E-state index contributed by atoms with van der Waals surface area (Å²) in [6, 6.07) is 12.9. The molecule has 0 spiro atoms. The van der Waals surface area contributed by atoms with E-state index in [2.05, 4.69) is 42.2 Å². The number of aromatic nitrogens is 1. The van der Waals surface area contributed by atoms with Crippen LogP contribution in [0.15, 0.2) is 60.8 Å². The lowest BCUT2D eigenvalue weighted by Gasteiger charge is -2.50. The third-order valence-electron chi connectivity index (χ3n) is 13.5. The molecule has 376 valence electrons. The first kappa shape index (κ1) is 53.3. The van der Waals surface area contributed by atoms with Crippen LogP contribution >= 0.6 is 0 Å². The lowest BCUT2D eigenvalue weighted by atomic mass is 9.71. The minimum atomic E-state index is -1.82. The smallest absolute Gasteiger partial charge is 0.315 e. The maximum Gasteiger partial charge on any atom is 0.315 e. The van der Waals surface area contributed by atoms with E-state index >= 15 is 4.79 Å². The number of carbonyl (C=O) groups is 8. The minimum absolute atomic E-state index is 0.0201. The Morgan fingerprint density at radius 2 is 1.48 bits per heavy atom. The van der Waals surface area contributed by atoms with Gasteiger partial charge in [-0.1, -0.05) is 61.4 Å². The van der Waals surface area contributed by atoms with Crippen LogP contribution in [-0.4, -0.2) is 120 Å². The first-order valence-electron chi connectivity index (χ1n) is 24.3. The van der Waals surface area contributed by atoms with Crippen molar-refractivity contribution in [2.75, 3.05) is 26.7 Å². The lowest BCUT2D eigenvalue weighted by Crippen LogP contribution is -2.70. The van der Waals surface area contributed by atoms with Gasteiger partial charge >= 0.3 is 12.1 Å². The van der Waals surface area contributed by atoms with Crippen LogP contribution in [0.1, 0.15) is 102 Å². The highest BCUT2D eigenvalue weighted by Gasteiger charge is 2.56. The summed E-state index contributed by atoms with van der Waals surface area (Å²) in [5.74, 6) is -4.90. The fourth-order valence-electron chi connectivity index (χ4n) is 9.64. The Morgan fingerprint density at radius 3 is 2.17 bits per heavy atom. The average Bonchev–Trinajstić information content (AvgIpc) is 3.89. The first-order chi connectivity index (χ1) is 33.1. The monoisotopic (exact) mass is 957 g/mol. The molecule has 2 fully saturated rings. The Balaban J connectivity index is 1.30. The van der Waals surface area contributed by atoms with Gasteiger partial charge in [0.1, 0.15) is 17.6 Å². The number of likely N-dealkylation sites (N-methyl/N-ethyl adjacent to an activating group) is 1. The quantitative estimate of drug-likeness (QED) is 0.0471. The van der Waals surface area contributed by atoms with Crippen LogP contribution in [0.5, 0.6) is 0 Å². The Labute approximate surface area is 403 Å². The molecule has 0 bridgehead atoms. The number of likely N-dealkylation sites (tertiary alicyclic amines) is 1. The van der Waals surface area contributed by atoms with E-state index in [1.54, 1.807) is 13.2 Å². The number of aromatic amines is 1. The number of fused-ring (bicyclic) bond motifs is 1. The number of H-pyrrole nitrogens is 1. The lowest BCUT2D eigenvalue weighted by molar-refractivity contribution is -0.159. The van der Waals surface area contributed by atoms with E-state index in [1.165, 1.54) is 4.90 Å². The number of amides is 10. The normalized spacial score (nSPS) is 19.6. The van der Waals surface area contributed by atoms with Gasteiger partial charge in [-0.25, -0.2) is 9.59 Å². The van der Waals surface area contributed by atoms with E-state index in [1.807, 2.05) is 61.5 Å². The van der Waals surface area contributed by atoms with Gasteiger partial charge in [-0.05, 0) is 108 Å². The number of hydrogen-bond acceptors (Lipinski definition) is 9. The van der Waals surface area contributed by atoms with E-state index in [4.69, 9.17) is 17.2 Å². The van der Waals surface area contributed by atoms with Crippen LogP contribution in [0.2, 0.25) is 0 Å². The summed E-state index contributed by atoms with van der Waals surface area (Å²) < 4.78 is 0. The van der Waals surface area contributed by atoms with Crippen molar-refractivity contribution in [3.8, 4) is 0 Å². The number of carbonyl (C=O) groups excluding carboxylic acids is 8. The van der Waals surface area contributed by atoms with Gasteiger partial charge in [0.05, 0.1) is 18.0 Å². The van der Waals surface area contributed by atoms with Gasteiger partial charge in [-0.3, -0.25) is 28.8 Å². The van der Waals surface area contributed by atoms with Gasteiger partial charge in [-0.2, -0.15) is 0 Å². The molecule has 3 heterocycles. The van der Waals surface area contributed by atoms with E-state index in [-0.39, 0.29) is 69.2 Å². The number of para-hydroxylation sites is 1. The maximum absolute atomic E-state index is 15.2. The molecule has 0 saturated carbocycles. The minimum Gasteiger partial charge on any atom is -0.368 e. The Morgan fingerprint density at radius 1 is 0.768 bits per heavy atom. The van der Waals surface area contributed by atoms with Crippen LogP contribution < -0.4 is 54.4 Å². The molecular formula is C49H72N12O8. The summed E-state index contributed by atoms with van der Waals surface area (Å²) in [5.41, 5.74) is 18.0. The van der Waals surface area contributed by atoms with Crippen molar-refractivity contribution < 1.29 is 38.4 Å². The van der Waals surface area contributed by atoms with Crippen LogP contribution in [0.4, 0.5) is 9.59 Å². The number of unbranched alkanes of at least 4 members (excludes halogenated alkanes) is 3. The second-order valence-corrected chi connectivity index (χ2v) is 18.3. The topological polar surface area (TPSA) is 318 Å². The number of nitrogens with zero attached hydrogens (tertiary/aromatic N) is 1. The number of piperidine rings is 1. The Bertz CT molecular complexity index is 2240. The zero-order valence-corrected chi connectivity index (χ0v) is 39.9. The van der Waals surface area contributed by atoms with E-state index in [0.717, 1.165) is 35.7 Å². The molecule has 1 aromatic heterocycles. The number of benzene rings is 2. The maximum atomic E-state index is 15.2. The fraction of sp³-hybridized carbons (Fsp3) is 0.551. The molecule has 1 unspecified atom stereocenters. The van der Waals surface area contributed by atoms with Crippen LogP contribution in [-0.2, 0) is 41.6 Å². The number of nitrogens with two attached hydrogens (primary N) is 3. The fourth-order valence-corrected chi connectivity index (χ4v) is 9.64. The predicted molar refractivity (Wildman–Crippen MR) is 261 cm³/mol. The third kappa shape index (κ3) is 14.9. The SMILES string of the molecule is CN[C@@H](Cc1ccccc1)C(=O)N1CCCCC1(C(N)=O)[C@H](Cc1c[nH]c2ccccc12)C(=O)N[C@@H](CCCNC(N)=O)C(=O)N[C@@H](CCCCNC(=O)CCCCC[C@@H]1NC(=O)N[C@@H]1C)C(N)=O. The first-order valence-corrected chi connectivity index (χ1v) is 24.3. The molecule has 5 rings (SSSR count). The summed E-state index contributed by atoms with van der Waals surface area (Å²) >= 11 is 0. The van der Waals surface area contributed by atoms with Crippen LogP contribution in [0.3, 0.4) is 0 Å². The van der Waals surface area contributed by atoms with Gasteiger partial charge in [-0.15, -0.1) is 0 Å². The molecule has 69 heavy (non-hydrogen) atoms. The van der Waals surface area contributed by atoms with Crippen molar-refractivity contribution in [2.24, 2.45) is 23.1 Å². The van der Waals surface area contributed by atoms with Crippen molar-refractivity contribution in [1.29, 1.82) is 0 Å². The van der Waals surface area contributed by atoms with Gasteiger partial charge in [0.25, 0.3) is 0 Å². The molecule has 2 aliphatic rings.